The van der Waals surface area contributed by atoms with E-state index in [0.29, 0.717) is 17.7 Å². The van der Waals surface area contributed by atoms with Crippen LogP contribution in [-0.4, -0.2) is 21.5 Å². The number of benzene rings is 1. The molecule has 7 nitrogen and oxygen atoms in total. The van der Waals surface area contributed by atoms with Crippen molar-refractivity contribution in [2.45, 2.75) is 24.9 Å². The van der Waals surface area contributed by atoms with Crippen molar-refractivity contribution in [1.82, 2.24) is 4.37 Å². The molecule has 2 N–H and O–H groups in total. The predicted molar refractivity (Wildman–Crippen MR) is 131 cm³/mol. The molecule has 3 aromatic heterocycles. The number of carboxylic acid groups (broad SMARTS) is 1. The van der Waals surface area contributed by atoms with Gasteiger partial charge in [0.25, 0.3) is 0 Å². The zero-order valence-corrected chi connectivity index (χ0v) is 19.9. The van der Waals surface area contributed by atoms with Crippen molar-refractivity contribution < 1.29 is 19.4 Å². The SMILES string of the molecule is N#Cc1nsc(C#Cc2cc3cc(C4(C(=O)O)CC4)sc3s2)c1NC(=O)OCc1ccccc1. The first kappa shape index (κ1) is 22.1. The smallest absolute Gasteiger partial charge is 0.412 e. The van der Waals surface area contributed by atoms with Crippen molar-refractivity contribution in [3.8, 4) is 17.9 Å². The molecule has 0 spiro atoms. The summed E-state index contributed by atoms with van der Waals surface area (Å²) in [5.41, 5.74) is 0.446. The molecule has 5 rings (SSSR count). The topological polar surface area (TPSA) is 112 Å². The molecule has 1 aromatic carbocycles. The summed E-state index contributed by atoms with van der Waals surface area (Å²) in [6.45, 7) is 0.101. The van der Waals surface area contributed by atoms with Crippen LogP contribution in [0.15, 0.2) is 42.5 Å². The molecule has 0 bridgehead atoms. The second kappa shape index (κ2) is 8.92. The zero-order valence-electron chi connectivity index (χ0n) is 17.5. The van der Waals surface area contributed by atoms with Crippen LogP contribution in [0.4, 0.5) is 10.5 Å². The molecule has 10 heteroatoms. The maximum absolute atomic E-state index is 12.3. The van der Waals surface area contributed by atoms with Crippen LogP contribution in [0.3, 0.4) is 0 Å². The predicted octanol–water partition coefficient (Wildman–Crippen LogP) is 5.56. The Morgan fingerprint density at radius 2 is 1.97 bits per heavy atom. The third-order valence-corrected chi connectivity index (χ3v) is 8.66. The highest BCUT2D eigenvalue weighted by Gasteiger charge is 2.53. The van der Waals surface area contributed by atoms with Gasteiger partial charge in [0.05, 0.1) is 8.89 Å². The first-order chi connectivity index (χ1) is 16.5. The molecule has 1 fully saturated rings. The number of rotatable bonds is 5. The molecule has 34 heavy (non-hydrogen) atoms. The van der Waals surface area contributed by atoms with Crippen LogP contribution in [-0.2, 0) is 21.6 Å². The normalized spacial score (nSPS) is 13.5. The maximum atomic E-state index is 12.3. The Labute approximate surface area is 206 Å². The summed E-state index contributed by atoms with van der Waals surface area (Å²) in [5.74, 6) is 5.30. The Kier molecular flexibility index (Phi) is 5.80. The molecule has 3 heterocycles. The van der Waals surface area contributed by atoms with E-state index in [0.717, 1.165) is 36.3 Å². The average Bonchev–Trinajstić information content (AvgIpc) is 3.23. The number of carboxylic acids is 1. The number of hydrogen-bond donors (Lipinski definition) is 2. The Morgan fingerprint density at radius 1 is 1.18 bits per heavy atom. The van der Waals surface area contributed by atoms with Gasteiger partial charge >= 0.3 is 12.1 Å². The van der Waals surface area contributed by atoms with Crippen molar-refractivity contribution >= 4 is 61.4 Å². The molecule has 1 aliphatic rings. The molecule has 0 radical (unpaired) electrons. The molecule has 168 valence electrons. The van der Waals surface area contributed by atoms with Gasteiger partial charge in [-0.1, -0.05) is 30.3 Å². The van der Waals surface area contributed by atoms with Gasteiger partial charge in [0, 0.05) is 10.3 Å². The number of aromatic nitrogens is 1. The zero-order chi connectivity index (χ0) is 23.7. The third-order valence-electron chi connectivity index (χ3n) is 5.38. The number of thiophene rings is 2. The van der Waals surface area contributed by atoms with Crippen LogP contribution in [0.1, 0.15) is 38.7 Å². The van der Waals surface area contributed by atoms with Crippen molar-refractivity contribution in [2.75, 3.05) is 5.32 Å². The van der Waals surface area contributed by atoms with E-state index in [9.17, 15) is 20.0 Å². The maximum Gasteiger partial charge on any atom is 0.412 e. The largest absolute Gasteiger partial charge is 0.481 e. The number of nitrogens with one attached hydrogen (secondary N) is 1. The highest BCUT2D eigenvalue weighted by Crippen LogP contribution is 2.52. The van der Waals surface area contributed by atoms with E-state index in [1.54, 1.807) is 0 Å². The lowest BCUT2D eigenvalue weighted by molar-refractivity contribution is -0.139. The number of nitrogens with zero attached hydrogens (tertiary/aromatic N) is 2. The number of carbonyl (C=O) groups is 2. The monoisotopic (exact) mass is 505 g/mol. The summed E-state index contributed by atoms with van der Waals surface area (Å²) in [4.78, 5) is 26.0. The molecule has 1 amide bonds. The van der Waals surface area contributed by atoms with Gasteiger partial charge in [-0.15, -0.1) is 22.7 Å². The Hall–Kier alpha value is -3.70. The minimum absolute atomic E-state index is 0.0752. The number of amides is 1. The van der Waals surface area contributed by atoms with E-state index in [4.69, 9.17) is 4.74 Å². The molecular weight excluding hydrogens is 490 g/mol. The van der Waals surface area contributed by atoms with E-state index < -0.39 is 17.5 Å². The van der Waals surface area contributed by atoms with Crippen LogP contribution in [0.5, 0.6) is 0 Å². The van der Waals surface area contributed by atoms with Gasteiger partial charge in [-0.25, -0.2) is 4.79 Å². The average molecular weight is 506 g/mol. The van der Waals surface area contributed by atoms with Gasteiger partial charge in [0.15, 0.2) is 5.69 Å². The fourth-order valence-electron chi connectivity index (χ4n) is 3.37. The van der Waals surface area contributed by atoms with Crippen LogP contribution in [0, 0.1) is 23.2 Å². The third kappa shape index (κ3) is 4.27. The number of carbonyl (C=O) groups excluding carboxylic acids is 1. The first-order valence-corrected chi connectivity index (χ1v) is 12.6. The first-order valence-electron chi connectivity index (χ1n) is 10.2. The van der Waals surface area contributed by atoms with E-state index >= 15 is 0 Å². The molecular formula is C24H15N3O4S3. The van der Waals surface area contributed by atoms with Crippen LogP contribution < -0.4 is 5.32 Å². The quantitative estimate of drug-likeness (QED) is 0.344. The van der Waals surface area contributed by atoms with Crippen LogP contribution >= 0.6 is 34.2 Å². The number of anilines is 1. The number of hydrogen-bond acceptors (Lipinski definition) is 8. The summed E-state index contributed by atoms with van der Waals surface area (Å²) < 4.78 is 10.3. The van der Waals surface area contributed by atoms with Crippen molar-refractivity contribution in [2.24, 2.45) is 0 Å². The van der Waals surface area contributed by atoms with Crippen molar-refractivity contribution in [1.29, 1.82) is 5.26 Å². The highest BCUT2D eigenvalue weighted by molar-refractivity contribution is 7.38. The summed E-state index contributed by atoms with van der Waals surface area (Å²) in [7, 11) is 0. The van der Waals surface area contributed by atoms with E-state index in [2.05, 4.69) is 21.5 Å². The number of fused-ring (bicyclic) bond motifs is 1. The Balaban J connectivity index is 1.32. The molecule has 0 unspecified atom stereocenters. The van der Waals surface area contributed by atoms with E-state index in [1.165, 1.54) is 22.7 Å². The summed E-state index contributed by atoms with van der Waals surface area (Å²) in [5, 5.41) is 22.4. The Bertz CT molecular complexity index is 1480. The molecule has 1 aliphatic carbocycles. The molecule has 1 saturated carbocycles. The lowest BCUT2D eigenvalue weighted by atomic mass is 10.1. The number of nitriles is 1. The van der Waals surface area contributed by atoms with Crippen molar-refractivity contribution in [3.05, 3.63) is 68.4 Å². The van der Waals surface area contributed by atoms with E-state index in [1.807, 2.05) is 48.5 Å². The van der Waals surface area contributed by atoms with Gasteiger partial charge in [-0.3, -0.25) is 10.1 Å². The summed E-state index contributed by atoms with van der Waals surface area (Å²) >= 11 is 4.02. The molecule has 0 atom stereocenters. The molecule has 4 aromatic rings. The standard InChI is InChI=1S/C24H15N3O4S3/c25-12-17-20(26-23(30)31-13-14-4-2-1-3-5-14)18(34-27-17)7-6-16-10-15-11-19(33-21(15)32-16)24(8-9-24)22(28)29/h1-5,10-11H,8-9,13H2,(H,26,30)(H,28,29). The second-order valence-electron chi connectivity index (χ2n) is 7.64. The number of ether oxygens (including phenoxy) is 1. The lowest BCUT2D eigenvalue weighted by Crippen LogP contribution is -2.17. The minimum Gasteiger partial charge on any atom is -0.481 e. The van der Waals surface area contributed by atoms with E-state index in [-0.39, 0.29) is 18.0 Å². The minimum atomic E-state index is -0.762. The number of aliphatic carboxylic acids is 1. The van der Waals surface area contributed by atoms with Crippen molar-refractivity contribution in [3.63, 3.8) is 0 Å². The summed E-state index contributed by atoms with van der Waals surface area (Å²) in [6, 6.07) is 15.1. The van der Waals surface area contributed by atoms with Gasteiger partial charge in [-0.05, 0) is 53.9 Å². The second-order valence-corrected chi connectivity index (χ2v) is 10.8. The van der Waals surface area contributed by atoms with Gasteiger partial charge in [-0.2, -0.15) is 9.64 Å². The van der Waals surface area contributed by atoms with Crippen LogP contribution in [0.2, 0.25) is 0 Å². The van der Waals surface area contributed by atoms with Gasteiger partial charge < -0.3 is 9.84 Å². The fraction of sp³-hybridized carbons (Fsp3) is 0.167. The van der Waals surface area contributed by atoms with Crippen LogP contribution in [0.25, 0.3) is 9.40 Å². The molecule has 0 aliphatic heterocycles. The Morgan fingerprint density at radius 3 is 2.65 bits per heavy atom. The molecule has 0 saturated heterocycles. The lowest BCUT2D eigenvalue weighted by Gasteiger charge is -2.06. The highest BCUT2D eigenvalue weighted by atomic mass is 32.2. The summed E-state index contributed by atoms with van der Waals surface area (Å²) in [6.07, 6.45) is 0.665. The van der Waals surface area contributed by atoms with Gasteiger partial charge in [0.2, 0.25) is 0 Å². The fourth-order valence-corrected chi connectivity index (χ4v) is 6.56. The van der Waals surface area contributed by atoms with Gasteiger partial charge in [0.1, 0.15) is 28.7 Å².